The smallest absolute Gasteiger partial charge is 0.410 e. The number of hydrogen-bond donors (Lipinski definition) is 0. The molecule has 0 atom stereocenters. The molecule has 18 heavy (non-hydrogen) atoms. The fraction of sp³-hybridized carbons (Fsp3) is 0.818. The zero-order chi connectivity index (χ0) is 13.8. The lowest BCUT2D eigenvalue weighted by molar-refractivity contribution is -0.124. The number of ether oxygens (including phenoxy) is 1. The van der Waals surface area contributed by atoms with E-state index in [1.165, 1.54) is 4.90 Å². The van der Waals surface area contributed by atoms with Gasteiger partial charge in [0.15, 0.2) is 20.4 Å². The van der Waals surface area contributed by atoms with Gasteiger partial charge in [0.1, 0.15) is 5.60 Å². The predicted molar refractivity (Wildman–Crippen MR) is 63.9 cm³/mol. The van der Waals surface area contributed by atoms with E-state index in [4.69, 9.17) is 4.74 Å². The van der Waals surface area contributed by atoms with Gasteiger partial charge in [0.25, 0.3) is 0 Å². The van der Waals surface area contributed by atoms with Gasteiger partial charge < -0.3 is 9.64 Å². The van der Waals surface area contributed by atoms with Crippen LogP contribution in [0.25, 0.3) is 0 Å². The molecule has 2 heterocycles. The standard InChI is InChI=1S/C11H17NO5S/c1-10(2,3)17-9(14)12-6-11(7-12)8(13)4-5-18(11,15)16/h4-7H2,1-3H3. The second kappa shape index (κ2) is 3.69. The molecule has 0 radical (unpaired) electrons. The molecule has 0 aliphatic carbocycles. The van der Waals surface area contributed by atoms with Crippen molar-refractivity contribution < 1.29 is 22.7 Å². The number of nitrogens with zero attached hydrogens (tertiary/aromatic N) is 1. The maximum absolute atomic E-state index is 11.8. The molecule has 0 unspecified atom stereocenters. The van der Waals surface area contributed by atoms with Crippen LogP contribution in [0.5, 0.6) is 0 Å². The van der Waals surface area contributed by atoms with E-state index in [9.17, 15) is 18.0 Å². The number of likely N-dealkylation sites (tertiary alicyclic amines) is 1. The minimum absolute atomic E-state index is 0.0600. The quantitative estimate of drug-likeness (QED) is 0.638. The van der Waals surface area contributed by atoms with E-state index in [0.29, 0.717) is 0 Å². The number of sulfone groups is 1. The Morgan fingerprint density at radius 1 is 1.33 bits per heavy atom. The van der Waals surface area contributed by atoms with Crippen LogP contribution < -0.4 is 0 Å². The summed E-state index contributed by atoms with van der Waals surface area (Å²) in [6, 6.07) is 0. The van der Waals surface area contributed by atoms with Gasteiger partial charge in [-0.25, -0.2) is 13.2 Å². The number of rotatable bonds is 0. The van der Waals surface area contributed by atoms with Crippen molar-refractivity contribution in [2.24, 2.45) is 0 Å². The summed E-state index contributed by atoms with van der Waals surface area (Å²) in [6.07, 6.45) is -0.507. The molecule has 2 aliphatic rings. The van der Waals surface area contributed by atoms with Crippen molar-refractivity contribution >= 4 is 21.7 Å². The van der Waals surface area contributed by atoms with E-state index >= 15 is 0 Å². The van der Waals surface area contributed by atoms with Gasteiger partial charge in [-0.1, -0.05) is 0 Å². The van der Waals surface area contributed by atoms with Crippen LogP contribution in [0, 0.1) is 0 Å². The number of carbonyl (C=O) groups is 2. The third-order valence-electron chi connectivity index (χ3n) is 3.25. The molecular formula is C11H17NO5S. The maximum Gasteiger partial charge on any atom is 0.410 e. The lowest BCUT2D eigenvalue weighted by atomic mass is 9.93. The Labute approximate surface area is 106 Å². The lowest BCUT2D eigenvalue weighted by Crippen LogP contribution is -2.69. The zero-order valence-electron chi connectivity index (χ0n) is 10.7. The highest BCUT2D eigenvalue weighted by Gasteiger charge is 2.63. The van der Waals surface area contributed by atoms with E-state index in [-0.39, 0.29) is 31.0 Å². The molecule has 0 aromatic carbocycles. The summed E-state index contributed by atoms with van der Waals surface area (Å²) < 4.78 is 27.4. The normalized spacial score (nSPS) is 25.1. The number of ketones is 1. The molecule has 102 valence electrons. The van der Waals surface area contributed by atoms with E-state index in [1.54, 1.807) is 20.8 Å². The van der Waals surface area contributed by atoms with E-state index in [2.05, 4.69) is 0 Å². The number of hydrogen-bond acceptors (Lipinski definition) is 5. The SMILES string of the molecule is CC(C)(C)OC(=O)N1CC2(C1)C(=O)CCS2(=O)=O. The van der Waals surface area contributed by atoms with Crippen LogP contribution in [-0.2, 0) is 19.4 Å². The first-order chi connectivity index (χ1) is 8.07. The van der Waals surface area contributed by atoms with E-state index < -0.39 is 26.3 Å². The Morgan fingerprint density at radius 3 is 2.28 bits per heavy atom. The average molecular weight is 275 g/mol. The van der Waals surface area contributed by atoms with Gasteiger partial charge in [-0.15, -0.1) is 0 Å². The van der Waals surface area contributed by atoms with Gasteiger partial charge in [-0.05, 0) is 20.8 Å². The van der Waals surface area contributed by atoms with E-state index in [0.717, 1.165) is 0 Å². The Hall–Kier alpha value is -1.11. The van der Waals surface area contributed by atoms with Gasteiger partial charge in [0, 0.05) is 6.42 Å². The molecule has 7 heteroatoms. The summed E-state index contributed by atoms with van der Waals surface area (Å²) in [5, 5.41) is 0. The van der Waals surface area contributed by atoms with Crippen molar-refractivity contribution in [3.63, 3.8) is 0 Å². The van der Waals surface area contributed by atoms with Crippen LogP contribution in [-0.4, -0.2) is 54.4 Å². The van der Waals surface area contributed by atoms with E-state index in [1.807, 2.05) is 0 Å². The van der Waals surface area contributed by atoms with Gasteiger partial charge in [0.05, 0.1) is 18.8 Å². The second-order valence-electron chi connectivity index (χ2n) is 5.82. The van der Waals surface area contributed by atoms with Crippen LogP contribution in [0.2, 0.25) is 0 Å². The first kappa shape index (κ1) is 13.3. The monoisotopic (exact) mass is 275 g/mol. The summed E-state index contributed by atoms with van der Waals surface area (Å²) in [5.41, 5.74) is -0.627. The first-order valence-corrected chi connectivity index (χ1v) is 7.46. The number of amides is 1. The molecule has 0 aromatic heterocycles. The molecule has 6 nitrogen and oxygen atoms in total. The molecule has 2 rings (SSSR count). The third kappa shape index (κ3) is 1.90. The fourth-order valence-electron chi connectivity index (χ4n) is 2.22. The highest BCUT2D eigenvalue weighted by Crippen LogP contribution is 2.38. The molecule has 0 bridgehead atoms. The molecule has 1 amide bonds. The Kier molecular flexibility index (Phi) is 2.73. The van der Waals surface area contributed by atoms with Gasteiger partial charge in [-0.3, -0.25) is 4.79 Å². The Bertz CT molecular complexity index is 496. The van der Waals surface area contributed by atoms with Gasteiger partial charge in [0.2, 0.25) is 0 Å². The summed E-state index contributed by atoms with van der Waals surface area (Å²) in [7, 11) is -3.41. The van der Waals surface area contributed by atoms with Crippen molar-refractivity contribution in [3.05, 3.63) is 0 Å². The largest absolute Gasteiger partial charge is 0.444 e. The maximum atomic E-state index is 11.8. The van der Waals surface area contributed by atoms with Crippen molar-refractivity contribution in [2.75, 3.05) is 18.8 Å². The van der Waals surface area contributed by atoms with Crippen LogP contribution in [0.3, 0.4) is 0 Å². The minimum Gasteiger partial charge on any atom is -0.444 e. The lowest BCUT2D eigenvalue weighted by Gasteiger charge is -2.45. The zero-order valence-corrected chi connectivity index (χ0v) is 11.5. The molecule has 0 aromatic rings. The first-order valence-electron chi connectivity index (χ1n) is 5.81. The fourth-order valence-corrected chi connectivity index (χ4v) is 4.22. The van der Waals surface area contributed by atoms with Gasteiger partial charge in [-0.2, -0.15) is 0 Å². The average Bonchev–Trinajstić information content (AvgIpc) is 2.31. The van der Waals surface area contributed by atoms with Crippen molar-refractivity contribution in [2.45, 2.75) is 37.5 Å². The highest BCUT2D eigenvalue weighted by atomic mass is 32.2. The number of Topliss-reactive ketones (excluding diaryl/α,β-unsaturated/α-hetero) is 1. The van der Waals surface area contributed by atoms with Crippen molar-refractivity contribution in [1.82, 2.24) is 4.90 Å². The molecule has 0 N–H and O–H groups in total. The van der Waals surface area contributed by atoms with Crippen LogP contribution in [0.1, 0.15) is 27.2 Å². The van der Waals surface area contributed by atoms with Crippen LogP contribution in [0.4, 0.5) is 4.79 Å². The molecule has 2 aliphatic heterocycles. The Balaban J connectivity index is 2.06. The highest BCUT2D eigenvalue weighted by molar-refractivity contribution is 7.94. The predicted octanol–water partition coefficient (Wildman–Crippen LogP) is 0.364. The molecule has 0 saturated carbocycles. The molecular weight excluding hydrogens is 258 g/mol. The summed E-state index contributed by atoms with van der Waals surface area (Å²) in [4.78, 5) is 24.7. The molecule has 1 spiro atoms. The topological polar surface area (TPSA) is 80.8 Å². The summed E-state index contributed by atoms with van der Waals surface area (Å²) in [5.74, 6) is -0.379. The second-order valence-corrected chi connectivity index (χ2v) is 8.24. The van der Waals surface area contributed by atoms with Gasteiger partial charge >= 0.3 is 6.09 Å². The third-order valence-corrected chi connectivity index (χ3v) is 5.66. The van der Waals surface area contributed by atoms with Crippen LogP contribution >= 0.6 is 0 Å². The summed E-state index contributed by atoms with van der Waals surface area (Å²) in [6.45, 7) is 5.07. The molecule has 2 saturated heterocycles. The van der Waals surface area contributed by atoms with Crippen molar-refractivity contribution in [3.8, 4) is 0 Å². The summed E-state index contributed by atoms with van der Waals surface area (Å²) >= 11 is 0. The minimum atomic E-state index is -3.41. The van der Waals surface area contributed by atoms with Crippen LogP contribution in [0.15, 0.2) is 0 Å². The Morgan fingerprint density at radius 2 is 1.89 bits per heavy atom. The van der Waals surface area contributed by atoms with Crippen molar-refractivity contribution in [1.29, 1.82) is 0 Å². The number of carbonyl (C=O) groups excluding carboxylic acids is 2. The molecule has 2 fully saturated rings.